The Morgan fingerprint density at radius 1 is 1.55 bits per heavy atom. The first-order valence-electron chi connectivity index (χ1n) is 4.40. The summed E-state index contributed by atoms with van der Waals surface area (Å²) >= 11 is 0. The van der Waals surface area contributed by atoms with Crippen molar-refractivity contribution in [2.45, 2.75) is 50.5 Å². The van der Waals surface area contributed by atoms with Gasteiger partial charge in [-0.05, 0) is 32.6 Å². The fraction of sp³-hybridized carbons (Fsp3) is 1.00. The smallest absolute Gasteiger partial charge is 0.142 e. The van der Waals surface area contributed by atoms with Gasteiger partial charge in [0.1, 0.15) is 6.23 Å². The fourth-order valence-electron chi connectivity index (χ4n) is 1.89. The van der Waals surface area contributed by atoms with Crippen molar-refractivity contribution in [1.29, 1.82) is 0 Å². The normalized spacial score (nSPS) is 36.0. The van der Waals surface area contributed by atoms with Gasteiger partial charge in [-0.1, -0.05) is 0 Å². The zero-order chi connectivity index (χ0) is 7.90. The standard InChI is InChI=1S/C8H15N2O/c1-6(11)9-7-2-3-8(10-7)4-5-8/h6-7,9-10H,2-5H2,1H3. The Morgan fingerprint density at radius 3 is 2.73 bits per heavy atom. The topological polar surface area (TPSA) is 44.0 Å². The number of hydrogen-bond acceptors (Lipinski definition) is 2. The van der Waals surface area contributed by atoms with Crippen LogP contribution in [0.25, 0.3) is 0 Å². The van der Waals surface area contributed by atoms with Gasteiger partial charge < -0.3 is 0 Å². The van der Waals surface area contributed by atoms with Gasteiger partial charge >= 0.3 is 0 Å². The Labute approximate surface area is 67.2 Å². The Morgan fingerprint density at radius 2 is 2.27 bits per heavy atom. The van der Waals surface area contributed by atoms with Crippen molar-refractivity contribution in [3.8, 4) is 0 Å². The van der Waals surface area contributed by atoms with Crippen LogP contribution in [0.1, 0.15) is 32.6 Å². The maximum atomic E-state index is 10.8. The van der Waals surface area contributed by atoms with Crippen LogP contribution in [0.4, 0.5) is 0 Å². The quantitative estimate of drug-likeness (QED) is 0.573. The highest BCUT2D eigenvalue weighted by molar-refractivity contribution is 5.07. The number of hydrogen-bond donors (Lipinski definition) is 2. The Bertz CT molecular complexity index is 154. The highest BCUT2D eigenvalue weighted by atomic mass is 16.3. The van der Waals surface area contributed by atoms with Crippen molar-refractivity contribution < 1.29 is 5.11 Å². The van der Waals surface area contributed by atoms with Crippen molar-refractivity contribution in [2.24, 2.45) is 0 Å². The van der Waals surface area contributed by atoms with Gasteiger partial charge in [0.15, 0.2) is 0 Å². The minimum atomic E-state index is -0.638. The minimum Gasteiger partial charge on any atom is -0.296 e. The summed E-state index contributed by atoms with van der Waals surface area (Å²) in [6, 6.07) is 0. The molecule has 1 aliphatic carbocycles. The van der Waals surface area contributed by atoms with Crippen molar-refractivity contribution in [2.75, 3.05) is 0 Å². The Balaban J connectivity index is 1.80. The maximum absolute atomic E-state index is 10.8. The molecule has 1 saturated heterocycles. The van der Waals surface area contributed by atoms with Crippen LogP contribution in [0.5, 0.6) is 0 Å². The van der Waals surface area contributed by atoms with E-state index in [0.717, 1.165) is 6.42 Å². The van der Waals surface area contributed by atoms with E-state index in [4.69, 9.17) is 0 Å². The van der Waals surface area contributed by atoms with Gasteiger partial charge in [0.05, 0.1) is 6.17 Å². The van der Waals surface area contributed by atoms with Crippen molar-refractivity contribution in [1.82, 2.24) is 10.6 Å². The summed E-state index contributed by atoms with van der Waals surface area (Å²) < 4.78 is 0. The Hall–Kier alpha value is -0.120. The molecule has 2 fully saturated rings. The van der Waals surface area contributed by atoms with E-state index in [1.54, 1.807) is 6.92 Å². The van der Waals surface area contributed by atoms with E-state index in [2.05, 4.69) is 10.6 Å². The average molecular weight is 155 g/mol. The highest BCUT2D eigenvalue weighted by Gasteiger charge is 2.47. The predicted molar refractivity (Wildman–Crippen MR) is 41.4 cm³/mol. The molecule has 3 heteroatoms. The van der Waals surface area contributed by atoms with Gasteiger partial charge in [0.25, 0.3) is 0 Å². The van der Waals surface area contributed by atoms with E-state index in [1.165, 1.54) is 19.3 Å². The summed E-state index contributed by atoms with van der Waals surface area (Å²) in [7, 11) is 0. The summed E-state index contributed by atoms with van der Waals surface area (Å²) in [5.41, 5.74) is 0.451. The molecule has 0 aromatic rings. The van der Waals surface area contributed by atoms with Crippen LogP contribution in [0.3, 0.4) is 0 Å². The Kier molecular flexibility index (Phi) is 1.67. The first kappa shape index (κ1) is 7.53. The van der Waals surface area contributed by atoms with E-state index in [-0.39, 0.29) is 6.17 Å². The van der Waals surface area contributed by atoms with E-state index in [9.17, 15) is 5.11 Å². The molecule has 0 aromatic carbocycles. The van der Waals surface area contributed by atoms with Crippen molar-refractivity contribution in [3.05, 3.63) is 0 Å². The lowest BCUT2D eigenvalue weighted by molar-refractivity contribution is 0.0611. The summed E-state index contributed by atoms with van der Waals surface area (Å²) in [4.78, 5) is 0. The molecule has 1 heterocycles. The van der Waals surface area contributed by atoms with Gasteiger partial charge in [-0.15, -0.1) is 0 Å². The monoisotopic (exact) mass is 155 g/mol. The molecule has 2 rings (SSSR count). The van der Waals surface area contributed by atoms with Crippen molar-refractivity contribution in [3.63, 3.8) is 0 Å². The maximum Gasteiger partial charge on any atom is 0.142 e. The molecule has 0 bridgehead atoms. The minimum absolute atomic E-state index is 0.282. The molecule has 2 atom stereocenters. The molecule has 1 saturated carbocycles. The van der Waals surface area contributed by atoms with Crippen LogP contribution in [0.2, 0.25) is 0 Å². The third kappa shape index (κ3) is 1.55. The first-order valence-corrected chi connectivity index (χ1v) is 4.40. The molecule has 11 heavy (non-hydrogen) atoms. The molecule has 3 nitrogen and oxygen atoms in total. The van der Waals surface area contributed by atoms with Crippen molar-refractivity contribution >= 4 is 0 Å². The van der Waals surface area contributed by atoms with Crippen LogP contribution in [-0.2, 0) is 5.11 Å². The second-order valence-electron chi connectivity index (χ2n) is 3.82. The van der Waals surface area contributed by atoms with Crippen LogP contribution in [-0.4, -0.2) is 17.9 Å². The predicted octanol–water partition coefficient (Wildman–Crippen LogP) is 0.595. The lowest BCUT2D eigenvalue weighted by Crippen LogP contribution is -2.44. The average Bonchev–Trinajstić information content (AvgIpc) is 2.51. The van der Waals surface area contributed by atoms with E-state index in [1.807, 2.05) is 0 Å². The highest BCUT2D eigenvalue weighted by Crippen LogP contribution is 2.43. The largest absolute Gasteiger partial charge is 0.296 e. The fourth-order valence-corrected chi connectivity index (χ4v) is 1.89. The molecular formula is C8H15N2O. The van der Waals surface area contributed by atoms with E-state index < -0.39 is 6.23 Å². The van der Waals surface area contributed by atoms with Crippen LogP contribution in [0, 0.1) is 0 Å². The molecule has 2 N–H and O–H groups in total. The molecule has 1 radical (unpaired) electrons. The van der Waals surface area contributed by atoms with Gasteiger partial charge in [-0.3, -0.25) is 10.6 Å². The second-order valence-corrected chi connectivity index (χ2v) is 3.82. The SMILES string of the molecule is CC([O])NC1CCC2(CC2)N1. The molecule has 0 aromatic heterocycles. The third-order valence-electron chi connectivity index (χ3n) is 2.68. The summed E-state index contributed by atoms with van der Waals surface area (Å²) in [6.07, 6.45) is 4.62. The number of nitrogens with one attached hydrogen (secondary N) is 2. The summed E-state index contributed by atoms with van der Waals surface area (Å²) in [5, 5.41) is 17.2. The lowest BCUT2D eigenvalue weighted by Gasteiger charge is -2.15. The summed E-state index contributed by atoms with van der Waals surface area (Å²) in [5.74, 6) is 0. The molecular weight excluding hydrogens is 140 g/mol. The number of rotatable bonds is 2. The van der Waals surface area contributed by atoms with Gasteiger partial charge in [-0.25, -0.2) is 5.11 Å². The van der Waals surface area contributed by atoms with Gasteiger partial charge in [0.2, 0.25) is 0 Å². The van der Waals surface area contributed by atoms with Crippen LogP contribution >= 0.6 is 0 Å². The van der Waals surface area contributed by atoms with Crippen LogP contribution in [0.15, 0.2) is 0 Å². The van der Waals surface area contributed by atoms with Gasteiger partial charge in [-0.2, -0.15) is 0 Å². The third-order valence-corrected chi connectivity index (χ3v) is 2.68. The molecule has 0 amide bonds. The second kappa shape index (κ2) is 2.44. The molecule has 2 aliphatic rings. The van der Waals surface area contributed by atoms with Gasteiger partial charge in [0, 0.05) is 5.54 Å². The molecule has 63 valence electrons. The van der Waals surface area contributed by atoms with E-state index >= 15 is 0 Å². The molecule has 1 spiro atoms. The molecule has 1 aliphatic heterocycles. The zero-order valence-corrected chi connectivity index (χ0v) is 6.89. The first-order chi connectivity index (χ1) is 5.20. The summed E-state index contributed by atoms with van der Waals surface area (Å²) in [6.45, 7) is 1.65. The molecule has 2 unspecified atom stereocenters. The zero-order valence-electron chi connectivity index (χ0n) is 6.89. The van der Waals surface area contributed by atoms with E-state index in [0.29, 0.717) is 5.54 Å². The lowest BCUT2D eigenvalue weighted by atomic mass is 10.2. The van der Waals surface area contributed by atoms with Crippen LogP contribution < -0.4 is 10.6 Å².